The Hall–Kier alpha value is -3.40. The highest BCUT2D eigenvalue weighted by atomic mass is 16.4. The van der Waals surface area contributed by atoms with Crippen LogP contribution in [0.5, 0.6) is 0 Å². The van der Waals surface area contributed by atoms with Crippen LogP contribution in [0.2, 0.25) is 0 Å². The molecule has 2 aromatic rings. The van der Waals surface area contributed by atoms with Crippen molar-refractivity contribution in [3.05, 3.63) is 102 Å². The zero-order valence-corrected chi connectivity index (χ0v) is 15.9. The predicted molar refractivity (Wildman–Crippen MR) is 116 cm³/mol. The fourth-order valence-electron chi connectivity index (χ4n) is 2.64. The number of anilines is 1. The third-order valence-electron chi connectivity index (χ3n) is 4.17. The first kappa shape index (κ1) is 20.9. The lowest BCUT2D eigenvalue weighted by Crippen LogP contribution is -2.03. The lowest BCUT2D eigenvalue weighted by molar-refractivity contribution is -0.136. The Morgan fingerprint density at radius 1 is 1.07 bits per heavy atom. The maximum Gasteiger partial charge on any atom is 0.303 e. The summed E-state index contributed by atoms with van der Waals surface area (Å²) in [6, 6.07) is 15.8. The minimum Gasteiger partial charge on any atom is -0.481 e. The average Bonchev–Trinajstić information content (AvgIpc) is 2.71. The van der Waals surface area contributed by atoms with E-state index in [1.807, 2.05) is 72.8 Å². The number of hydrogen-bond acceptors (Lipinski definition) is 3. The fraction of sp³-hybridized carbons (Fsp3) is 0.167. The topological polar surface area (TPSA) is 73.2 Å². The lowest BCUT2D eigenvalue weighted by Gasteiger charge is -2.09. The molecule has 0 heterocycles. The van der Waals surface area contributed by atoms with Crippen molar-refractivity contribution in [2.45, 2.75) is 25.8 Å². The van der Waals surface area contributed by atoms with E-state index >= 15 is 0 Å². The van der Waals surface area contributed by atoms with Crippen LogP contribution in [0, 0.1) is 5.41 Å². The van der Waals surface area contributed by atoms with Crippen molar-refractivity contribution in [2.75, 3.05) is 5.32 Å². The highest BCUT2D eigenvalue weighted by molar-refractivity contribution is 5.99. The summed E-state index contributed by atoms with van der Waals surface area (Å²) >= 11 is 0. The van der Waals surface area contributed by atoms with Gasteiger partial charge in [-0.25, -0.2) is 0 Å². The molecule has 0 unspecified atom stereocenters. The molecule has 0 aliphatic heterocycles. The molecule has 4 heteroatoms. The highest BCUT2D eigenvalue weighted by Crippen LogP contribution is 2.14. The van der Waals surface area contributed by atoms with Crippen LogP contribution < -0.4 is 5.32 Å². The Balaban J connectivity index is 1.89. The largest absolute Gasteiger partial charge is 0.481 e. The molecule has 3 N–H and O–H groups in total. The first-order chi connectivity index (χ1) is 13.6. The number of aliphatic carboxylic acids is 1. The molecular weight excluding hydrogens is 348 g/mol. The van der Waals surface area contributed by atoms with E-state index in [0.29, 0.717) is 25.1 Å². The van der Waals surface area contributed by atoms with Gasteiger partial charge in [-0.2, -0.15) is 0 Å². The zero-order valence-electron chi connectivity index (χ0n) is 15.9. The first-order valence-electron chi connectivity index (χ1n) is 9.24. The van der Waals surface area contributed by atoms with Crippen LogP contribution in [0.15, 0.2) is 85.5 Å². The van der Waals surface area contributed by atoms with Crippen LogP contribution in [0.3, 0.4) is 0 Å². The minimum absolute atomic E-state index is 0.144. The van der Waals surface area contributed by atoms with E-state index in [0.717, 1.165) is 22.4 Å². The molecule has 0 fully saturated rings. The molecule has 0 aliphatic rings. The summed E-state index contributed by atoms with van der Waals surface area (Å²) in [6.45, 7) is 4.28. The third kappa shape index (κ3) is 7.46. The van der Waals surface area contributed by atoms with Gasteiger partial charge in [-0.05, 0) is 41.3 Å². The second kappa shape index (κ2) is 11.3. The van der Waals surface area contributed by atoms with Crippen LogP contribution in [-0.2, 0) is 17.8 Å². The number of carbonyl (C=O) groups is 1. The van der Waals surface area contributed by atoms with Gasteiger partial charge in [0, 0.05) is 30.8 Å². The Morgan fingerprint density at radius 2 is 1.86 bits per heavy atom. The van der Waals surface area contributed by atoms with Gasteiger partial charge in [0.1, 0.15) is 0 Å². The standard InChI is InChI=1S/C24H26N2O2/c1-2-3-4-5-6-10-23(25)21-9-7-8-20(17-21)18-26-22-14-11-19(12-15-22)13-16-24(27)28/h2-9,11-12,14-15,17,25-26H,1,10,13,16,18H2,(H,27,28)/b4-3-,6-5-,25-23?. The number of carboxylic acid groups (broad SMARTS) is 1. The van der Waals surface area contributed by atoms with E-state index in [2.05, 4.69) is 11.9 Å². The van der Waals surface area contributed by atoms with Gasteiger partial charge in [-0.15, -0.1) is 0 Å². The van der Waals surface area contributed by atoms with Gasteiger partial charge in [0.15, 0.2) is 0 Å². The maximum absolute atomic E-state index is 10.6. The van der Waals surface area contributed by atoms with Crippen molar-refractivity contribution in [3.63, 3.8) is 0 Å². The summed E-state index contributed by atoms with van der Waals surface area (Å²) in [5.74, 6) is -0.781. The molecule has 2 aromatic carbocycles. The van der Waals surface area contributed by atoms with Gasteiger partial charge in [-0.3, -0.25) is 4.79 Å². The van der Waals surface area contributed by atoms with Crippen molar-refractivity contribution in [1.82, 2.24) is 0 Å². The smallest absolute Gasteiger partial charge is 0.303 e. The van der Waals surface area contributed by atoms with Gasteiger partial charge < -0.3 is 15.8 Å². The summed E-state index contributed by atoms with van der Waals surface area (Å²) < 4.78 is 0. The minimum atomic E-state index is -0.781. The van der Waals surface area contributed by atoms with Crippen LogP contribution in [0.4, 0.5) is 5.69 Å². The van der Waals surface area contributed by atoms with E-state index in [4.69, 9.17) is 10.5 Å². The van der Waals surface area contributed by atoms with Crippen molar-refractivity contribution >= 4 is 17.4 Å². The van der Waals surface area contributed by atoms with Gasteiger partial charge in [0.05, 0.1) is 0 Å². The van der Waals surface area contributed by atoms with Crippen molar-refractivity contribution in [3.8, 4) is 0 Å². The Bertz CT molecular complexity index is 864. The molecule has 0 aromatic heterocycles. The van der Waals surface area contributed by atoms with Gasteiger partial charge in [0.25, 0.3) is 0 Å². The predicted octanol–water partition coefficient (Wildman–Crippen LogP) is 5.37. The highest BCUT2D eigenvalue weighted by Gasteiger charge is 2.02. The van der Waals surface area contributed by atoms with E-state index < -0.39 is 5.97 Å². The molecule has 2 rings (SSSR count). The molecule has 28 heavy (non-hydrogen) atoms. The van der Waals surface area contributed by atoms with Crippen LogP contribution >= 0.6 is 0 Å². The molecule has 0 radical (unpaired) electrons. The monoisotopic (exact) mass is 374 g/mol. The molecule has 0 saturated heterocycles. The van der Waals surface area contributed by atoms with Gasteiger partial charge in [-0.1, -0.05) is 67.3 Å². The number of carboxylic acids is 1. The Labute approximate surface area is 166 Å². The third-order valence-corrected chi connectivity index (χ3v) is 4.17. The van der Waals surface area contributed by atoms with Crippen LogP contribution in [0.1, 0.15) is 29.5 Å². The molecule has 0 spiro atoms. The van der Waals surface area contributed by atoms with Gasteiger partial charge in [0.2, 0.25) is 0 Å². The fourth-order valence-corrected chi connectivity index (χ4v) is 2.64. The average molecular weight is 374 g/mol. The SMILES string of the molecule is C=C/C=C\C=C/CC(=N)c1cccc(CNc2ccc(CCC(=O)O)cc2)c1. The number of allylic oxidation sites excluding steroid dienone is 5. The van der Waals surface area contributed by atoms with E-state index in [1.54, 1.807) is 6.08 Å². The van der Waals surface area contributed by atoms with Crippen LogP contribution in [-0.4, -0.2) is 16.8 Å². The number of nitrogens with one attached hydrogen (secondary N) is 2. The normalized spacial score (nSPS) is 11.0. The van der Waals surface area contributed by atoms with Crippen molar-refractivity contribution in [1.29, 1.82) is 5.41 Å². The van der Waals surface area contributed by atoms with Crippen molar-refractivity contribution < 1.29 is 9.90 Å². The summed E-state index contributed by atoms with van der Waals surface area (Å²) in [7, 11) is 0. The molecular formula is C24H26N2O2. The lowest BCUT2D eigenvalue weighted by atomic mass is 10.0. The summed E-state index contributed by atoms with van der Waals surface area (Å²) in [4.78, 5) is 10.6. The maximum atomic E-state index is 10.6. The molecule has 0 bridgehead atoms. The second-order valence-electron chi connectivity index (χ2n) is 6.38. The van der Waals surface area contributed by atoms with E-state index in [9.17, 15) is 4.79 Å². The first-order valence-corrected chi connectivity index (χ1v) is 9.24. The summed E-state index contributed by atoms with van der Waals surface area (Å²) in [6.07, 6.45) is 10.6. The number of aryl methyl sites for hydroxylation is 1. The number of hydrogen-bond donors (Lipinski definition) is 3. The molecule has 0 aliphatic carbocycles. The number of benzene rings is 2. The van der Waals surface area contributed by atoms with E-state index in [-0.39, 0.29) is 6.42 Å². The van der Waals surface area contributed by atoms with Crippen LogP contribution in [0.25, 0.3) is 0 Å². The van der Waals surface area contributed by atoms with Crippen molar-refractivity contribution in [2.24, 2.45) is 0 Å². The second-order valence-corrected chi connectivity index (χ2v) is 6.38. The Morgan fingerprint density at radius 3 is 2.57 bits per heavy atom. The molecule has 4 nitrogen and oxygen atoms in total. The van der Waals surface area contributed by atoms with E-state index in [1.165, 1.54) is 0 Å². The quantitative estimate of drug-likeness (QED) is 0.365. The molecule has 0 atom stereocenters. The zero-order chi connectivity index (χ0) is 20.2. The molecule has 144 valence electrons. The summed E-state index contributed by atoms with van der Waals surface area (Å²) in [5.41, 5.74) is 4.59. The number of rotatable bonds is 11. The summed E-state index contributed by atoms with van der Waals surface area (Å²) in [5, 5.41) is 20.4. The molecule has 0 saturated carbocycles. The van der Waals surface area contributed by atoms with Gasteiger partial charge >= 0.3 is 5.97 Å². The molecule has 0 amide bonds. The Kier molecular flexibility index (Phi) is 8.47.